The van der Waals surface area contributed by atoms with Gasteiger partial charge in [-0.1, -0.05) is 24.3 Å². The Morgan fingerprint density at radius 2 is 1.58 bits per heavy atom. The Bertz CT molecular complexity index is 790. The van der Waals surface area contributed by atoms with Gasteiger partial charge in [0.2, 0.25) is 0 Å². The van der Waals surface area contributed by atoms with Gasteiger partial charge in [0.25, 0.3) is 11.8 Å². The molecule has 0 aromatic heterocycles. The number of carbonyl (C=O) groups excluding carboxylic acids is 3. The Morgan fingerprint density at radius 3 is 2.23 bits per heavy atom. The topological polar surface area (TPSA) is 87.7 Å². The minimum absolute atomic E-state index is 0.337. The van der Waals surface area contributed by atoms with E-state index in [0.717, 1.165) is 5.69 Å². The molecular weight excluding hydrogens is 334 g/mol. The van der Waals surface area contributed by atoms with Crippen LogP contribution < -0.4 is 15.8 Å². The first kappa shape index (κ1) is 19.0. The molecule has 0 aliphatic rings. The van der Waals surface area contributed by atoms with Gasteiger partial charge in [-0.05, 0) is 37.3 Å². The molecule has 0 unspecified atom stereocenters. The molecule has 0 radical (unpaired) electrons. The highest BCUT2D eigenvalue weighted by atomic mass is 16.5. The average Bonchev–Trinajstić information content (AvgIpc) is 2.66. The van der Waals surface area contributed by atoms with Crippen molar-refractivity contribution in [2.75, 3.05) is 19.0 Å². The molecule has 2 N–H and O–H groups in total. The van der Waals surface area contributed by atoms with Gasteiger partial charge in [0, 0.05) is 25.3 Å². The summed E-state index contributed by atoms with van der Waals surface area (Å²) in [7, 11) is 3.71. The fraction of sp³-hybridized carbons (Fsp3) is 0.211. The minimum Gasteiger partial charge on any atom is -0.449 e. The second-order valence-corrected chi connectivity index (χ2v) is 5.80. The number of nitrogens with one attached hydrogen (secondary N) is 2. The molecular formula is C19H21N3O4. The van der Waals surface area contributed by atoms with E-state index in [1.165, 1.54) is 6.92 Å². The van der Waals surface area contributed by atoms with E-state index in [1.807, 2.05) is 25.1 Å². The number of hydrazine groups is 1. The summed E-state index contributed by atoms with van der Waals surface area (Å²) < 4.78 is 5.15. The highest BCUT2D eigenvalue weighted by Gasteiger charge is 2.20. The average molecular weight is 355 g/mol. The molecule has 0 heterocycles. The van der Waals surface area contributed by atoms with Crippen molar-refractivity contribution in [2.24, 2.45) is 0 Å². The molecule has 0 spiro atoms. The summed E-state index contributed by atoms with van der Waals surface area (Å²) in [6.45, 7) is 1.43. The molecule has 0 fully saturated rings. The predicted octanol–water partition coefficient (Wildman–Crippen LogP) is 1.76. The lowest BCUT2D eigenvalue weighted by Crippen LogP contribution is -2.46. The quantitative estimate of drug-likeness (QED) is 0.630. The third kappa shape index (κ3) is 5.07. The number of benzene rings is 2. The molecule has 0 aliphatic carbocycles. The van der Waals surface area contributed by atoms with Crippen LogP contribution in [0, 0.1) is 0 Å². The van der Waals surface area contributed by atoms with Gasteiger partial charge >= 0.3 is 5.97 Å². The molecule has 0 aliphatic heterocycles. The van der Waals surface area contributed by atoms with E-state index >= 15 is 0 Å². The molecule has 136 valence electrons. The van der Waals surface area contributed by atoms with E-state index in [2.05, 4.69) is 10.9 Å². The lowest BCUT2D eigenvalue weighted by Gasteiger charge is -2.16. The first-order valence-corrected chi connectivity index (χ1v) is 8.02. The Kier molecular flexibility index (Phi) is 6.32. The lowest BCUT2D eigenvalue weighted by atomic mass is 10.2. The maximum atomic E-state index is 12.2. The van der Waals surface area contributed by atoms with Crippen molar-refractivity contribution in [3.05, 3.63) is 65.7 Å². The van der Waals surface area contributed by atoms with E-state index < -0.39 is 23.9 Å². The summed E-state index contributed by atoms with van der Waals surface area (Å²) in [5.41, 5.74) is 6.10. The van der Waals surface area contributed by atoms with Crippen molar-refractivity contribution in [3.8, 4) is 0 Å². The number of carbonyl (C=O) groups is 3. The number of rotatable bonds is 5. The summed E-state index contributed by atoms with van der Waals surface area (Å²) in [4.78, 5) is 37.9. The molecule has 1 atom stereocenters. The van der Waals surface area contributed by atoms with Gasteiger partial charge in [-0.25, -0.2) is 4.79 Å². The summed E-state index contributed by atoms with van der Waals surface area (Å²) >= 11 is 0. The van der Waals surface area contributed by atoms with Crippen LogP contribution in [-0.2, 0) is 9.53 Å². The monoisotopic (exact) mass is 355 g/mol. The molecule has 7 nitrogen and oxygen atoms in total. The minimum atomic E-state index is -1.07. The van der Waals surface area contributed by atoms with Crippen LogP contribution in [0.5, 0.6) is 0 Å². The largest absolute Gasteiger partial charge is 0.449 e. The van der Waals surface area contributed by atoms with Crippen LogP contribution in [0.25, 0.3) is 0 Å². The summed E-state index contributed by atoms with van der Waals surface area (Å²) in [6, 6.07) is 15.3. The third-order valence-electron chi connectivity index (χ3n) is 3.59. The van der Waals surface area contributed by atoms with Crippen LogP contribution in [0.3, 0.4) is 0 Å². The normalized spacial score (nSPS) is 11.2. The number of nitrogens with zero attached hydrogens (tertiary/aromatic N) is 1. The molecule has 2 rings (SSSR count). The zero-order valence-corrected chi connectivity index (χ0v) is 14.9. The second kappa shape index (κ2) is 8.66. The molecule has 26 heavy (non-hydrogen) atoms. The van der Waals surface area contributed by atoms with Crippen LogP contribution in [-0.4, -0.2) is 38.0 Å². The zero-order chi connectivity index (χ0) is 19.1. The van der Waals surface area contributed by atoms with Crippen molar-refractivity contribution < 1.29 is 19.1 Å². The highest BCUT2D eigenvalue weighted by Crippen LogP contribution is 2.14. The van der Waals surface area contributed by atoms with Crippen LogP contribution in [0.1, 0.15) is 27.6 Å². The number of amides is 2. The van der Waals surface area contributed by atoms with Crippen LogP contribution in [0.15, 0.2) is 54.6 Å². The number of hydrogen-bond acceptors (Lipinski definition) is 5. The first-order chi connectivity index (χ1) is 12.4. The molecule has 0 bridgehead atoms. The van der Waals surface area contributed by atoms with E-state index in [9.17, 15) is 14.4 Å². The molecule has 2 aromatic carbocycles. The Labute approximate surface area is 151 Å². The maximum Gasteiger partial charge on any atom is 0.338 e. The lowest BCUT2D eigenvalue weighted by molar-refractivity contribution is -0.129. The van der Waals surface area contributed by atoms with Crippen molar-refractivity contribution in [2.45, 2.75) is 13.0 Å². The summed E-state index contributed by atoms with van der Waals surface area (Å²) in [6.07, 6.45) is -1.07. The molecule has 0 saturated heterocycles. The second-order valence-electron chi connectivity index (χ2n) is 5.80. The fourth-order valence-corrected chi connectivity index (χ4v) is 2.07. The Morgan fingerprint density at radius 1 is 0.923 bits per heavy atom. The van der Waals surface area contributed by atoms with E-state index in [-0.39, 0.29) is 0 Å². The van der Waals surface area contributed by atoms with Gasteiger partial charge in [0.15, 0.2) is 6.10 Å². The van der Waals surface area contributed by atoms with Gasteiger partial charge < -0.3 is 9.64 Å². The van der Waals surface area contributed by atoms with Crippen LogP contribution >= 0.6 is 0 Å². The van der Waals surface area contributed by atoms with Crippen LogP contribution in [0.2, 0.25) is 0 Å². The van der Waals surface area contributed by atoms with E-state index in [4.69, 9.17) is 4.74 Å². The number of anilines is 1. The predicted molar refractivity (Wildman–Crippen MR) is 97.7 cm³/mol. The van der Waals surface area contributed by atoms with Crippen molar-refractivity contribution >= 4 is 23.5 Å². The SMILES string of the molecule is C[C@H](OC(=O)c1cccc(N(C)C)c1)C(=O)NNC(=O)c1ccccc1. The first-order valence-electron chi connectivity index (χ1n) is 8.02. The maximum absolute atomic E-state index is 12.2. The van der Waals surface area contributed by atoms with E-state index in [0.29, 0.717) is 11.1 Å². The van der Waals surface area contributed by atoms with Gasteiger partial charge in [0.05, 0.1) is 5.56 Å². The van der Waals surface area contributed by atoms with Crippen LogP contribution in [0.4, 0.5) is 5.69 Å². The van der Waals surface area contributed by atoms with Crippen molar-refractivity contribution in [1.82, 2.24) is 10.9 Å². The Hall–Kier alpha value is -3.35. The third-order valence-corrected chi connectivity index (χ3v) is 3.59. The molecule has 0 saturated carbocycles. The summed E-state index contributed by atoms with van der Waals surface area (Å²) in [5, 5.41) is 0. The molecule has 7 heteroatoms. The molecule has 2 aromatic rings. The zero-order valence-electron chi connectivity index (χ0n) is 14.9. The van der Waals surface area contributed by atoms with Gasteiger partial charge in [-0.2, -0.15) is 0 Å². The molecule has 2 amide bonds. The number of hydrogen-bond donors (Lipinski definition) is 2. The highest BCUT2D eigenvalue weighted by molar-refractivity contribution is 5.96. The van der Waals surface area contributed by atoms with Gasteiger partial charge in [-0.15, -0.1) is 0 Å². The van der Waals surface area contributed by atoms with Gasteiger partial charge in [-0.3, -0.25) is 20.4 Å². The summed E-state index contributed by atoms with van der Waals surface area (Å²) in [5.74, 6) is -1.71. The Balaban J connectivity index is 1.89. The van der Waals surface area contributed by atoms with Gasteiger partial charge in [0.1, 0.15) is 0 Å². The smallest absolute Gasteiger partial charge is 0.338 e. The number of ether oxygens (including phenoxy) is 1. The van der Waals surface area contributed by atoms with E-state index in [1.54, 1.807) is 48.5 Å². The van der Waals surface area contributed by atoms with Crippen molar-refractivity contribution in [3.63, 3.8) is 0 Å². The standard InChI is InChI=1S/C19H21N3O4/c1-13(17(23)20-21-18(24)14-8-5-4-6-9-14)26-19(25)15-10-7-11-16(12-15)22(2)3/h4-13H,1-3H3,(H,20,23)(H,21,24)/t13-/m0/s1. The number of esters is 1. The fourth-order valence-electron chi connectivity index (χ4n) is 2.07. The van der Waals surface area contributed by atoms with Crippen molar-refractivity contribution in [1.29, 1.82) is 0 Å².